The summed E-state index contributed by atoms with van der Waals surface area (Å²) in [5, 5.41) is 0. The van der Waals surface area contributed by atoms with Gasteiger partial charge in [-0.15, -0.1) is 0 Å². The Morgan fingerprint density at radius 3 is 1.50 bits per heavy atom. The van der Waals surface area contributed by atoms with Gasteiger partial charge in [0.1, 0.15) is 7.74 Å². The molecule has 0 atom stereocenters. The van der Waals surface area contributed by atoms with Gasteiger partial charge in [0.05, 0.1) is 0 Å². The zero-order chi connectivity index (χ0) is 3.58. The Kier molecular flexibility index (Phi) is 1.32. The third-order valence-electron chi connectivity index (χ3n) is 0. The maximum atomic E-state index is 10.1. The van der Waals surface area contributed by atoms with E-state index in [1.807, 2.05) is 0 Å². The van der Waals surface area contributed by atoms with Crippen LogP contribution >= 0.6 is 0 Å². The van der Waals surface area contributed by atoms with Gasteiger partial charge >= 0.3 is 7.16 Å². The first-order valence-corrected chi connectivity index (χ1v) is 0.770. The summed E-state index contributed by atoms with van der Waals surface area (Å²) in [6.45, 7) is 0. The molecule has 0 aromatic rings. The van der Waals surface area contributed by atoms with E-state index >= 15 is 0 Å². The van der Waals surface area contributed by atoms with Gasteiger partial charge in [0, 0.05) is 0 Å². The first-order valence-electron chi connectivity index (χ1n) is 0.770. The maximum absolute atomic E-state index is 10.1. The lowest BCUT2D eigenvalue weighted by Gasteiger charge is -1.62. The van der Waals surface area contributed by atoms with E-state index in [0.29, 0.717) is 0 Å². The predicted octanol–water partition coefficient (Wildman–Crippen LogP) is 0.0788. The molecule has 4 heavy (non-hydrogen) atoms. The van der Waals surface area contributed by atoms with E-state index in [1.54, 1.807) is 0 Å². The lowest BCUT2D eigenvalue weighted by Crippen LogP contribution is -1.90. The van der Waals surface area contributed by atoms with E-state index in [9.17, 15) is 8.63 Å². The molecule has 0 aromatic heterocycles. The highest BCUT2D eigenvalue weighted by Crippen LogP contribution is 1.69. The Morgan fingerprint density at radius 2 is 1.50 bits per heavy atom. The van der Waals surface area contributed by atoms with Crippen LogP contribution in [-0.2, 0) is 0 Å². The van der Waals surface area contributed by atoms with Gasteiger partial charge in [-0.3, -0.25) is 8.63 Å². The molecular formula is B2F2. The average molecular weight is 59.6 g/mol. The van der Waals surface area contributed by atoms with E-state index in [4.69, 9.17) is 0 Å². The van der Waals surface area contributed by atoms with E-state index in [0.717, 1.165) is 0 Å². The van der Waals surface area contributed by atoms with Crippen molar-refractivity contribution in [2.45, 2.75) is 0 Å². The van der Waals surface area contributed by atoms with Crippen molar-refractivity contribution in [1.29, 1.82) is 0 Å². The Balaban J connectivity index is 2.32. The third kappa shape index (κ3) is 19000. The van der Waals surface area contributed by atoms with Crippen LogP contribution in [-0.4, -0.2) is 14.9 Å². The van der Waals surface area contributed by atoms with Gasteiger partial charge in [0.25, 0.3) is 0 Å². The van der Waals surface area contributed by atoms with Gasteiger partial charge in [-0.05, 0) is 0 Å². The highest BCUT2D eigenvalue weighted by atomic mass is 19.2. The van der Waals surface area contributed by atoms with Crippen LogP contribution in [0.15, 0.2) is 0 Å². The summed E-state index contributed by atoms with van der Waals surface area (Å²) < 4.78 is 20.2. The topological polar surface area (TPSA) is 0 Å². The van der Waals surface area contributed by atoms with Crippen molar-refractivity contribution in [2.75, 3.05) is 0 Å². The fourth-order valence-electron chi connectivity index (χ4n) is 0. The zero-order valence-corrected chi connectivity index (χ0v) is 1.91. The Morgan fingerprint density at radius 1 is 1.50 bits per heavy atom. The zero-order valence-electron chi connectivity index (χ0n) is 1.91. The van der Waals surface area contributed by atoms with Crippen LogP contribution in [0.4, 0.5) is 8.63 Å². The average Bonchev–Trinajstić information content (AvgIpc) is 0.811. The molecule has 0 saturated carbocycles. The molecule has 0 fully saturated rings. The summed E-state index contributed by atoms with van der Waals surface area (Å²) in [6.07, 6.45) is 0. The van der Waals surface area contributed by atoms with Crippen molar-refractivity contribution in [3.63, 3.8) is 0 Å². The number of halogens is 2. The van der Waals surface area contributed by atoms with Crippen LogP contribution in [0.25, 0.3) is 0 Å². The molecule has 0 heterocycles. The molecule has 0 aliphatic heterocycles. The van der Waals surface area contributed by atoms with Crippen LogP contribution in [0.2, 0.25) is 0 Å². The minimum absolute atomic E-state index is 2.67. The molecule has 2 radical (unpaired) electrons. The van der Waals surface area contributed by atoms with Gasteiger partial charge in [-0.2, -0.15) is 0 Å². The van der Waals surface area contributed by atoms with Crippen molar-refractivity contribution in [1.82, 2.24) is 0 Å². The Labute approximate surface area is 24.8 Å². The first kappa shape index (κ1) is 3.99. The van der Waals surface area contributed by atoms with E-state index in [-0.39, 0.29) is 0 Å². The second-order valence-electron chi connectivity index (χ2n) is 0.334. The smallest absolute Gasteiger partial charge is 0.300 e. The maximum Gasteiger partial charge on any atom is 0.474 e. The molecule has 0 aromatic carbocycles. The molecule has 20 valence electrons. The predicted molar refractivity (Wildman–Crippen MR) is 13.7 cm³/mol. The largest absolute Gasteiger partial charge is 0.474 e. The van der Waals surface area contributed by atoms with Crippen LogP contribution in [0.3, 0.4) is 0 Å². The van der Waals surface area contributed by atoms with Crippen LogP contribution in [0, 0.1) is 0 Å². The number of hydrogen-bond donors (Lipinski definition) is 0. The minimum Gasteiger partial charge on any atom is -0.300 e. The standard InChI is InChI=1S/B2F2/c1-2(3)4. The van der Waals surface area contributed by atoms with Gasteiger partial charge in [0.15, 0.2) is 0 Å². The molecule has 0 rings (SSSR count). The second kappa shape index (κ2) is 1.32. The molecule has 0 saturated heterocycles. The fraction of sp³-hybridized carbons (Fsp3) is 0. The van der Waals surface area contributed by atoms with Gasteiger partial charge < -0.3 is 0 Å². The van der Waals surface area contributed by atoms with Crippen molar-refractivity contribution in [2.24, 2.45) is 0 Å². The van der Waals surface area contributed by atoms with E-state index in [2.05, 4.69) is 7.74 Å². The summed E-state index contributed by atoms with van der Waals surface area (Å²) in [4.78, 5) is 0. The molecular weight excluding hydrogens is 59.6 g/mol. The lowest BCUT2D eigenvalue weighted by atomic mass is 9.70. The van der Waals surface area contributed by atoms with Crippen molar-refractivity contribution >= 4 is 14.9 Å². The van der Waals surface area contributed by atoms with Crippen molar-refractivity contribution in [3.05, 3.63) is 0 Å². The number of rotatable bonds is 0. The van der Waals surface area contributed by atoms with Crippen LogP contribution in [0.1, 0.15) is 0 Å². The van der Waals surface area contributed by atoms with E-state index < -0.39 is 7.16 Å². The van der Waals surface area contributed by atoms with Crippen LogP contribution < -0.4 is 0 Å². The highest BCUT2D eigenvalue weighted by molar-refractivity contribution is 6.94. The summed E-state index contributed by atoms with van der Waals surface area (Å²) in [7, 11) is 1.11. The Bertz CT molecular complexity index is 8.75. The molecule has 0 nitrogen and oxygen atoms in total. The van der Waals surface area contributed by atoms with Gasteiger partial charge in [-0.25, -0.2) is 0 Å². The quantitative estimate of drug-likeness (QED) is 0.347. The summed E-state index contributed by atoms with van der Waals surface area (Å²) in [5.74, 6) is 0. The molecule has 4 heteroatoms. The van der Waals surface area contributed by atoms with Crippen molar-refractivity contribution in [3.8, 4) is 0 Å². The van der Waals surface area contributed by atoms with Crippen LogP contribution in [0.5, 0.6) is 0 Å². The molecule has 0 aliphatic carbocycles. The molecule has 0 spiro atoms. The second-order valence-corrected chi connectivity index (χ2v) is 0.334. The molecule has 0 bridgehead atoms. The lowest BCUT2D eigenvalue weighted by molar-refractivity contribution is 0.698. The molecule has 0 aliphatic rings. The molecule has 0 N–H and O–H groups in total. The first-order chi connectivity index (χ1) is 1.73. The highest BCUT2D eigenvalue weighted by Gasteiger charge is 1.93. The number of hydrogen-bond acceptors (Lipinski definition) is 0. The monoisotopic (exact) mass is 60.0 g/mol. The Hall–Kier alpha value is -0.0101. The van der Waals surface area contributed by atoms with Gasteiger partial charge in [-0.1, -0.05) is 0 Å². The molecule has 0 unspecified atom stereocenters. The third-order valence-corrected chi connectivity index (χ3v) is 0. The van der Waals surface area contributed by atoms with Gasteiger partial charge in [0.2, 0.25) is 0 Å². The summed E-state index contributed by atoms with van der Waals surface area (Å²) in [5.41, 5.74) is 0. The van der Waals surface area contributed by atoms with E-state index in [1.165, 1.54) is 0 Å². The summed E-state index contributed by atoms with van der Waals surface area (Å²) in [6, 6.07) is 0. The minimum atomic E-state index is -2.67. The molecule has 0 amide bonds. The fourth-order valence-corrected chi connectivity index (χ4v) is 0. The normalized spacial score (nSPS) is 6.50. The summed E-state index contributed by atoms with van der Waals surface area (Å²) >= 11 is 0. The van der Waals surface area contributed by atoms with Crippen molar-refractivity contribution < 1.29 is 8.63 Å². The SMILES string of the molecule is [B]B(F)F.